The number of para-hydroxylation sites is 1. The second-order valence-corrected chi connectivity index (χ2v) is 9.76. The van der Waals surface area contributed by atoms with E-state index in [9.17, 15) is 8.42 Å². The summed E-state index contributed by atoms with van der Waals surface area (Å²) >= 11 is 0. The number of rotatable bonds is 8. The average Bonchev–Trinajstić information content (AvgIpc) is 2.85. The van der Waals surface area contributed by atoms with E-state index >= 15 is 0 Å². The van der Waals surface area contributed by atoms with Crippen LogP contribution in [0.3, 0.4) is 0 Å². The molecule has 0 saturated carbocycles. The van der Waals surface area contributed by atoms with Gasteiger partial charge in [-0.3, -0.25) is 0 Å². The summed E-state index contributed by atoms with van der Waals surface area (Å²) in [5.41, 5.74) is 4.53. The number of benzene rings is 3. The minimum atomic E-state index is -3.44. The number of nitrogens with one attached hydrogen (secondary N) is 1. The van der Waals surface area contributed by atoms with Gasteiger partial charge in [0.25, 0.3) is 0 Å². The molecule has 0 radical (unpaired) electrons. The topological polar surface area (TPSA) is 61.9 Å². The third kappa shape index (κ3) is 5.37. The maximum Gasteiger partial charge on any atom is 0.243 e. The van der Waals surface area contributed by atoms with Crippen LogP contribution in [-0.2, 0) is 27.8 Å². The lowest BCUT2D eigenvalue weighted by molar-refractivity contribution is 0.0730. The van der Waals surface area contributed by atoms with Gasteiger partial charge in [-0.25, -0.2) is 8.42 Å². The maximum absolute atomic E-state index is 12.7. The zero-order valence-corrected chi connectivity index (χ0v) is 19.1. The molecule has 0 bridgehead atoms. The Labute approximate surface area is 190 Å². The molecule has 1 aliphatic rings. The monoisotopic (exact) mass is 451 g/mol. The van der Waals surface area contributed by atoms with Crippen LogP contribution in [0, 0.1) is 0 Å². The van der Waals surface area contributed by atoms with E-state index < -0.39 is 10.0 Å². The summed E-state index contributed by atoms with van der Waals surface area (Å²) in [6.07, 6.45) is 0. The van der Waals surface area contributed by atoms with Crippen molar-refractivity contribution in [3.63, 3.8) is 0 Å². The summed E-state index contributed by atoms with van der Waals surface area (Å²) in [4.78, 5) is 2.49. The first-order chi connectivity index (χ1) is 15.5. The highest BCUT2D eigenvalue weighted by molar-refractivity contribution is 7.89. The lowest BCUT2D eigenvalue weighted by Crippen LogP contribution is -2.40. The molecule has 7 heteroatoms. The molecule has 1 heterocycles. The van der Waals surface area contributed by atoms with Crippen molar-refractivity contribution in [2.24, 2.45) is 0 Å². The summed E-state index contributed by atoms with van der Waals surface area (Å²) in [6.45, 7) is 3.12. The van der Waals surface area contributed by atoms with Gasteiger partial charge in [0.05, 0.1) is 18.1 Å². The number of hydrogen-bond acceptors (Lipinski definition) is 5. The quantitative estimate of drug-likeness (QED) is 0.565. The SMILES string of the molecule is CN(c1ccccc1)c1ccc(CNCc2ccc(S(=O)(=O)N3CCOCC3)cc2)cc1. The predicted molar refractivity (Wildman–Crippen MR) is 128 cm³/mol. The van der Waals surface area contributed by atoms with Gasteiger partial charge in [0, 0.05) is 44.6 Å². The third-order valence-corrected chi connectivity index (χ3v) is 7.57. The molecule has 3 aromatic rings. The molecule has 1 fully saturated rings. The van der Waals surface area contributed by atoms with Crippen molar-refractivity contribution in [3.8, 4) is 0 Å². The first-order valence-electron chi connectivity index (χ1n) is 10.8. The van der Waals surface area contributed by atoms with Crippen molar-refractivity contribution in [1.29, 1.82) is 0 Å². The highest BCUT2D eigenvalue weighted by atomic mass is 32.2. The lowest BCUT2D eigenvalue weighted by atomic mass is 10.1. The molecule has 0 spiro atoms. The van der Waals surface area contributed by atoms with E-state index in [2.05, 4.69) is 53.7 Å². The fourth-order valence-electron chi connectivity index (χ4n) is 3.70. The van der Waals surface area contributed by atoms with Gasteiger partial charge < -0.3 is 15.0 Å². The summed E-state index contributed by atoms with van der Waals surface area (Å²) < 4.78 is 32.2. The van der Waals surface area contributed by atoms with Crippen LogP contribution in [0.4, 0.5) is 11.4 Å². The molecule has 0 aromatic heterocycles. The normalized spacial score (nSPS) is 14.9. The van der Waals surface area contributed by atoms with Crippen molar-refractivity contribution < 1.29 is 13.2 Å². The molecule has 1 aliphatic heterocycles. The molecule has 4 rings (SSSR count). The smallest absolute Gasteiger partial charge is 0.243 e. The van der Waals surface area contributed by atoms with Gasteiger partial charge >= 0.3 is 0 Å². The third-order valence-electron chi connectivity index (χ3n) is 5.66. The van der Waals surface area contributed by atoms with Crippen LogP contribution in [0.2, 0.25) is 0 Å². The van der Waals surface area contributed by atoms with Crippen molar-refractivity contribution >= 4 is 21.4 Å². The van der Waals surface area contributed by atoms with Gasteiger partial charge in [-0.1, -0.05) is 42.5 Å². The Hall–Kier alpha value is -2.71. The Kier molecular flexibility index (Phi) is 7.22. The molecule has 0 atom stereocenters. The van der Waals surface area contributed by atoms with Crippen LogP contribution < -0.4 is 10.2 Å². The van der Waals surface area contributed by atoms with Crippen LogP contribution >= 0.6 is 0 Å². The molecular formula is C25H29N3O3S. The average molecular weight is 452 g/mol. The number of anilines is 2. The van der Waals surface area contributed by atoms with Crippen LogP contribution in [0.25, 0.3) is 0 Å². The van der Waals surface area contributed by atoms with Gasteiger partial charge in [-0.15, -0.1) is 0 Å². The van der Waals surface area contributed by atoms with Crippen LogP contribution in [0.5, 0.6) is 0 Å². The first-order valence-corrected chi connectivity index (χ1v) is 12.2. The van der Waals surface area contributed by atoms with Gasteiger partial charge in [0.2, 0.25) is 10.0 Å². The highest BCUT2D eigenvalue weighted by Crippen LogP contribution is 2.23. The largest absolute Gasteiger partial charge is 0.379 e. The summed E-state index contributed by atoms with van der Waals surface area (Å²) in [5, 5.41) is 3.43. The lowest BCUT2D eigenvalue weighted by Gasteiger charge is -2.26. The van der Waals surface area contributed by atoms with Crippen LogP contribution in [0.1, 0.15) is 11.1 Å². The van der Waals surface area contributed by atoms with Gasteiger partial charge in [-0.05, 0) is 47.5 Å². The number of hydrogen-bond donors (Lipinski definition) is 1. The second-order valence-electron chi connectivity index (χ2n) is 7.82. The number of sulfonamides is 1. The van der Waals surface area contributed by atoms with Crippen molar-refractivity contribution in [1.82, 2.24) is 9.62 Å². The van der Waals surface area contributed by atoms with Crippen molar-refractivity contribution in [2.45, 2.75) is 18.0 Å². The first kappa shape index (κ1) is 22.5. The van der Waals surface area contributed by atoms with Gasteiger partial charge in [0.15, 0.2) is 0 Å². The summed E-state index contributed by atoms with van der Waals surface area (Å²) in [6, 6.07) is 25.9. The highest BCUT2D eigenvalue weighted by Gasteiger charge is 2.25. The molecule has 0 amide bonds. The Bertz CT molecular complexity index is 1100. The Morgan fingerprint density at radius 3 is 1.94 bits per heavy atom. The molecule has 168 valence electrons. The van der Waals surface area contributed by atoms with E-state index in [0.29, 0.717) is 37.7 Å². The summed E-state index contributed by atoms with van der Waals surface area (Å²) in [7, 11) is -1.38. The minimum absolute atomic E-state index is 0.335. The van der Waals surface area contributed by atoms with E-state index in [1.165, 1.54) is 9.87 Å². The van der Waals surface area contributed by atoms with Crippen LogP contribution in [0.15, 0.2) is 83.8 Å². The molecule has 0 unspecified atom stereocenters. The predicted octanol–water partition coefficient (Wildman–Crippen LogP) is 3.77. The van der Waals surface area contributed by atoms with E-state index in [1.807, 2.05) is 30.3 Å². The Morgan fingerprint density at radius 2 is 1.34 bits per heavy atom. The minimum Gasteiger partial charge on any atom is -0.379 e. The Balaban J connectivity index is 1.30. The standard InChI is InChI=1S/C25H29N3O3S/c1-27(23-5-3-2-4-6-23)24-11-7-21(8-12-24)19-26-20-22-9-13-25(14-10-22)32(29,30)28-15-17-31-18-16-28/h2-14,26H,15-20H2,1H3. The van der Waals surface area contributed by atoms with E-state index in [1.54, 1.807) is 12.1 Å². The molecular weight excluding hydrogens is 422 g/mol. The second kappa shape index (κ2) is 10.3. The van der Waals surface area contributed by atoms with Crippen LogP contribution in [-0.4, -0.2) is 46.1 Å². The number of morpholine rings is 1. The molecule has 0 aliphatic carbocycles. The van der Waals surface area contributed by atoms with E-state index in [-0.39, 0.29) is 0 Å². The molecule has 3 aromatic carbocycles. The fraction of sp³-hybridized carbons (Fsp3) is 0.280. The number of ether oxygens (including phenoxy) is 1. The number of nitrogens with zero attached hydrogens (tertiary/aromatic N) is 2. The van der Waals surface area contributed by atoms with Crippen molar-refractivity contribution in [2.75, 3.05) is 38.3 Å². The zero-order chi connectivity index (χ0) is 22.4. The zero-order valence-electron chi connectivity index (χ0n) is 18.3. The summed E-state index contributed by atoms with van der Waals surface area (Å²) in [5.74, 6) is 0. The van der Waals surface area contributed by atoms with Gasteiger partial charge in [0.1, 0.15) is 0 Å². The van der Waals surface area contributed by atoms with E-state index in [0.717, 1.165) is 23.5 Å². The van der Waals surface area contributed by atoms with E-state index in [4.69, 9.17) is 4.74 Å². The fourth-order valence-corrected chi connectivity index (χ4v) is 5.11. The molecule has 1 N–H and O–H groups in total. The maximum atomic E-state index is 12.7. The van der Waals surface area contributed by atoms with Gasteiger partial charge in [-0.2, -0.15) is 4.31 Å². The van der Waals surface area contributed by atoms with Crippen molar-refractivity contribution in [3.05, 3.63) is 90.0 Å². The molecule has 32 heavy (non-hydrogen) atoms. The molecule has 6 nitrogen and oxygen atoms in total. The Morgan fingerprint density at radius 1 is 0.812 bits per heavy atom. The molecule has 1 saturated heterocycles.